The Labute approximate surface area is 180 Å². The van der Waals surface area contributed by atoms with Crippen molar-refractivity contribution in [3.8, 4) is 0 Å². The molecule has 4 rings (SSSR count). The van der Waals surface area contributed by atoms with Crippen LogP contribution in [-0.4, -0.2) is 30.3 Å². The summed E-state index contributed by atoms with van der Waals surface area (Å²) in [5.41, 5.74) is 2.20. The third-order valence-electron chi connectivity index (χ3n) is 5.08. The van der Waals surface area contributed by atoms with Gasteiger partial charge < -0.3 is 4.90 Å². The first-order chi connectivity index (χ1) is 14.4. The molecule has 1 saturated carbocycles. The van der Waals surface area contributed by atoms with Gasteiger partial charge in [0, 0.05) is 17.9 Å². The lowest BCUT2D eigenvalue weighted by Crippen LogP contribution is -2.37. The molecule has 2 heterocycles. The van der Waals surface area contributed by atoms with Crippen molar-refractivity contribution in [1.29, 1.82) is 0 Å². The summed E-state index contributed by atoms with van der Waals surface area (Å²) in [6.07, 6.45) is 4.06. The Hall–Kier alpha value is -2.71. The van der Waals surface area contributed by atoms with E-state index in [1.165, 1.54) is 11.3 Å². The Morgan fingerprint density at radius 3 is 2.53 bits per heavy atom. The molecule has 0 bridgehead atoms. The molecule has 1 aliphatic carbocycles. The van der Waals surface area contributed by atoms with E-state index in [1.807, 2.05) is 30.0 Å². The highest BCUT2D eigenvalue weighted by molar-refractivity contribution is 7.94. The summed E-state index contributed by atoms with van der Waals surface area (Å²) in [6.45, 7) is 2.01. The molecular weight excluding hydrogens is 418 g/mol. The number of aromatic nitrogens is 1. The zero-order chi connectivity index (χ0) is 21.1. The van der Waals surface area contributed by atoms with Crippen LogP contribution in [0.4, 0.5) is 5.69 Å². The van der Waals surface area contributed by atoms with Crippen molar-refractivity contribution in [3.63, 3.8) is 0 Å². The first-order valence-electron chi connectivity index (χ1n) is 9.81. The van der Waals surface area contributed by atoms with E-state index >= 15 is 0 Å². The van der Waals surface area contributed by atoms with Crippen molar-refractivity contribution in [2.45, 2.75) is 42.5 Å². The van der Waals surface area contributed by atoms with Crippen LogP contribution in [0.1, 0.15) is 37.1 Å². The van der Waals surface area contributed by atoms with Crippen LogP contribution in [0.25, 0.3) is 0 Å². The Balaban J connectivity index is 1.44. The molecule has 2 aromatic heterocycles. The standard InChI is InChI=1S/C22H23N3O3S2/c1-16(20-5-2-3-13-23-20)25(19-11-12-19)21(26)15-17-7-9-18(10-8-17)24-30(27,28)22-6-4-14-29-22/h2-10,13-14,16,19,24H,11-12,15H2,1H3. The van der Waals surface area contributed by atoms with Crippen LogP contribution in [0, 0.1) is 0 Å². The van der Waals surface area contributed by atoms with Crippen molar-refractivity contribution in [2.24, 2.45) is 0 Å². The van der Waals surface area contributed by atoms with Crippen LogP contribution in [0.15, 0.2) is 70.4 Å². The molecule has 0 saturated heterocycles. The number of benzene rings is 1. The summed E-state index contributed by atoms with van der Waals surface area (Å²) in [6, 6.07) is 16.2. The number of pyridine rings is 1. The van der Waals surface area contributed by atoms with E-state index in [1.54, 1.807) is 48.0 Å². The highest BCUT2D eigenvalue weighted by Gasteiger charge is 2.36. The number of carbonyl (C=O) groups excluding carboxylic acids is 1. The van der Waals surface area contributed by atoms with Gasteiger partial charge in [-0.15, -0.1) is 11.3 Å². The van der Waals surface area contributed by atoms with E-state index in [4.69, 9.17) is 0 Å². The van der Waals surface area contributed by atoms with E-state index in [2.05, 4.69) is 9.71 Å². The van der Waals surface area contributed by atoms with Crippen molar-refractivity contribution in [3.05, 3.63) is 77.4 Å². The summed E-state index contributed by atoms with van der Waals surface area (Å²) in [7, 11) is -3.58. The molecule has 1 N–H and O–H groups in total. The van der Waals surface area contributed by atoms with Gasteiger partial charge in [-0.2, -0.15) is 0 Å². The fourth-order valence-electron chi connectivity index (χ4n) is 3.43. The number of carbonyl (C=O) groups is 1. The van der Waals surface area contributed by atoms with Crippen LogP contribution in [0.2, 0.25) is 0 Å². The van der Waals surface area contributed by atoms with E-state index in [0.29, 0.717) is 5.69 Å². The molecule has 8 heteroatoms. The van der Waals surface area contributed by atoms with Gasteiger partial charge in [-0.1, -0.05) is 24.3 Å². The van der Waals surface area contributed by atoms with Crippen LogP contribution < -0.4 is 4.72 Å². The number of hydrogen-bond donors (Lipinski definition) is 1. The molecule has 1 aliphatic rings. The molecule has 6 nitrogen and oxygen atoms in total. The number of sulfonamides is 1. The summed E-state index contributed by atoms with van der Waals surface area (Å²) < 4.78 is 27.5. The molecule has 1 aromatic carbocycles. The van der Waals surface area contributed by atoms with E-state index in [0.717, 1.165) is 24.1 Å². The number of hydrogen-bond acceptors (Lipinski definition) is 5. The fourth-order valence-corrected chi connectivity index (χ4v) is 5.48. The number of nitrogens with one attached hydrogen (secondary N) is 1. The zero-order valence-corrected chi connectivity index (χ0v) is 18.2. The normalized spacial score (nSPS) is 14.8. The molecule has 30 heavy (non-hydrogen) atoms. The van der Waals surface area contributed by atoms with Crippen LogP contribution in [-0.2, 0) is 21.2 Å². The number of nitrogens with zero attached hydrogens (tertiary/aromatic N) is 2. The number of thiophene rings is 1. The van der Waals surface area contributed by atoms with Gasteiger partial charge in [-0.3, -0.25) is 14.5 Å². The second kappa shape index (κ2) is 8.57. The maximum Gasteiger partial charge on any atom is 0.271 e. The van der Waals surface area contributed by atoms with Crippen LogP contribution >= 0.6 is 11.3 Å². The minimum Gasteiger partial charge on any atom is -0.331 e. The predicted molar refractivity (Wildman–Crippen MR) is 118 cm³/mol. The molecular formula is C22H23N3O3S2. The van der Waals surface area contributed by atoms with Gasteiger partial charge in [0.1, 0.15) is 4.21 Å². The van der Waals surface area contributed by atoms with Crippen molar-refractivity contribution in [1.82, 2.24) is 9.88 Å². The van der Waals surface area contributed by atoms with Gasteiger partial charge in [0.2, 0.25) is 5.91 Å². The summed E-state index contributed by atoms with van der Waals surface area (Å²) in [5, 5.41) is 1.72. The first-order valence-corrected chi connectivity index (χ1v) is 12.2. The molecule has 156 valence electrons. The Kier molecular flexibility index (Phi) is 5.87. The maximum atomic E-state index is 13.1. The number of anilines is 1. The van der Waals surface area contributed by atoms with Gasteiger partial charge in [0.25, 0.3) is 10.0 Å². The van der Waals surface area contributed by atoms with E-state index in [-0.39, 0.29) is 28.6 Å². The summed E-state index contributed by atoms with van der Waals surface area (Å²) in [5.74, 6) is 0.0579. The number of amides is 1. The van der Waals surface area contributed by atoms with Gasteiger partial charge in [-0.25, -0.2) is 8.42 Å². The largest absolute Gasteiger partial charge is 0.331 e. The molecule has 1 unspecified atom stereocenters. The summed E-state index contributed by atoms with van der Waals surface area (Å²) >= 11 is 1.17. The van der Waals surface area contributed by atoms with Crippen molar-refractivity contribution < 1.29 is 13.2 Å². The first kappa shape index (κ1) is 20.6. The third kappa shape index (κ3) is 4.71. The molecule has 0 radical (unpaired) electrons. The SMILES string of the molecule is CC(c1ccccn1)N(C(=O)Cc1ccc(NS(=O)(=O)c2cccs2)cc1)C1CC1. The average molecular weight is 442 g/mol. The van der Waals surface area contributed by atoms with Crippen molar-refractivity contribution in [2.75, 3.05) is 4.72 Å². The second-order valence-electron chi connectivity index (χ2n) is 7.37. The third-order valence-corrected chi connectivity index (χ3v) is 7.86. The van der Waals surface area contributed by atoms with Crippen molar-refractivity contribution >= 4 is 33.0 Å². The van der Waals surface area contributed by atoms with Gasteiger partial charge >= 0.3 is 0 Å². The maximum absolute atomic E-state index is 13.1. The van der Waals surface area contributed by atoms with Gasteiger partial charge in [0.05, 0.1) is 18.2 Å². The molecule has 0 spiro atoms. The highest BCUT2D eigenvalue weighted by atomic mass is 32.2. The molecule has 1 amide bonds. The molecule has 1 fully saturated rings. The van der Waals surface area contributed by atoms with E-state index in [9.17, 15) is 13.2 Å². The van der Waals surface area contributed by atoms with Gasteiger partial charge in [0.15, 0.2) is 0 Å². The lowest BCUT2D eigenvalue weighted by Gasteiger charge is -2.29. The highest BCUT2D eigenvalue weighted by Crippen LogP contribution is 2.34. The number of rotatable bonds is 8. The lowest BCUT2D eigenvalue weighted by atomic mass is 10.1. The quantitative estimate of drug-likeness (QED) is 0.567. The predicted octanol–water partition coefficient (Wildman–Crippen LogP) is 4.24. The topological polar surface area (TPSA) is 79.4 Å². The average Bonchev–Trinajstić information content (AvgIpc) is 3.39. The Morgan fingerprint density at radius 1 is 1.17 bits per heavy atom. The molecule has 0 aliphatic heterocycles. The fraction of sp³-hybridized carbons (Fsp3) is 0.273. The molecule has 1 atom stereocenters. The minimum atomic E-state index is -3.58. The van der Waals surface area contributed by atoms with Gasteiger partial charge in [-0.05, 0) is 61.0 Å². The van der Waals surface area contributed by atoms with E-state index < -0.39 is 10.0 Å². The minimum absolute atomic E-state index is 0.0579. The monoisotopic (exact) mass is 441 g/mol. The Bertz CT molecular complexity index is 1090. The summed E-state index contributed by atoms with van der Waals surface area (Å²) in [4.78, 5) is 19.4. The van der Waals surface area contributed by atoms with Crippen LogP contribution in [0.5, 0.6) is 0 Å². The smallest absolute Gasteiger partial charge is 0.271 e. The van der Waals surface area contributed by atoms with Crippen LogP contribution in [0.3, 0.4) is 0 Å². The second-order valence-corrected chi connectivity index (χ2v) is 10.2. The Morgan fingerprint density at radius 2 is 1.93 bits per heavy atom. The molecule has 3 aromatic rings. The lowest BCUT2D eigenvalue weighted by molar-refractivity contribution is -0.133. The zero-order valence-electron chi connectivity index (χ0n) is 16.6.